The number of rotatable bonds is 4. The smallest absolute Gasteiger partial charge is 0.381 e. The Morgan fingerprint density at radius 3 is 2.88 bits per heavy atom. The van der Waals surface area contributed by atoms with E-state index in [2.05, 4.69) is 9.47 Å². The van der Waals surface area contributed by atoms with Crippen LogP contribution in [0.4, 0.5) is 8.78 Å². The lowest BCUT2D eigenvalue weighted by molar-refractivity contribution is -0.160. The lowest BCUT2D eigenvalue weighted by atomic mass is 10.3. The molecule has 0 saturated carbocycles. The molecule has 0 bridgehead atoms. The Labute approximate surface area is 95.9 Å². The van der Waals surface area contributed by atoms with Gasteiger partial charge in [-0.2, -0.15) is 4.39 Å². The van der Waals surface area contributed by atoms with E-state index in [4.69, 9.17) is 11.6 Å². The first-order chi connectivity index (χ1) is 7.56. The van der Waals surface area contributed by atoms with E-state index in [9.17, 15) is 13.6 Å². The summed E-state index contributed by atoms with van der Waals surface area (Å²) in [6.45, 7) is 1.53. The topological polar surface area (TPSA) is 35.5 Å². The standard InChI is InChI=1S/C10H9ClF2O3/c1-2-15-10(14)9(13)16-7-5-3-4-6(11)8(7)12/h3-5,9H,2H2,1H3. The van der Waals surface area contributed by atoms with E-state index in [-0.39, 0.29) is 11.6 Å². The minimum Gasteiger partial charge on any atom is -0.461 e. The van der Waals surface area contributed by atoms with Crippen LogP contribution >= 0.6 is 11.6 Å². The summed E-state index contributed by atoms with van der Waals surface area (Å²) in [5.74, 6) is -2.56. The molecule has 0 spiro atoms. The van der Waals surface area contributed by atoms with Crippen molar-refractivity contribution >= 4 is 17.6 Å². The van der Waals surface area contributed by atoms with Crippen LogP contribution < -0.4 is 4.74 Å². The fraction of sp³-hybridized carbons (Fsp3) is 0.300. The third-order valence-electron chi connectivity index (χ3n) is 1.62. The maximum Gasteiger partial charge on any atom is 0.381 e. The van der Waals surface area contributed by atoms with Crippen LogP contribution in [0, 0.1) is 5.82 Å². The summed E-state index contributed by atoms with van der Waals surface area (Å²) in [5, 5.41) is -0.214. The monoisotopic (exact) mass is 250 g/mol. The molecule has 1 aromatic rings. The molecule has 0 aromatic heterocycles. The summed E-state index contributed by atoms with van der Waals surface area (Å²) >= 11 is 5.44. The molecule has 0 heterocycles. The Bertz CT molecular complexity index is 384. The molecule has 0 saturated heterocycles. The van der Waals surface area contributed by atoms with Gasteiger partial charge < -0.3 is 9.47 Å². The minimum absolute atomic E-state index is 0.0145. The van der Waals surface area contributed by atoms with Crippen molar-refractivity contribution in [2.24, 2.45) is 0 Å². The van der Waals surface area contributed by atoms with Gasteiger partial charge in [0.05, 0.1) is 11.6 Å². The van der Waals surface area contributed by atoms with E-state index in [1.54, 1.807) is 0 Å². The fourth-order valence-corrected chi connectivity index (χ4v) is 1.11. The Balaban J connectivity index is 2.73. The van der Waals surface area contributed by atoms with Crippen molar-refractivity contribution < 1.29 is 23.0 Å². The Kier molecular flexibility index (Phi) is 4.49. The van der Waals surface area contributed by atoms with Crippen LogP contribution in [0.25, 0.3) is 0 Å². The van der Waals surface area contributed by atoms with Crippen molar-refractivity contribution in [2.45, 2.75) is 13.3 Å². The van der Waals surface area contributed by atoms with Crippen molar-refractivity contribution in [3.8, 4) is 5.75 Å². The zero-order valence-corrected chi connectivity index (χ0v) is 9.13. The maximum atomic E-state index is 13.2. The molecule has 0 radical (unpaired) electrons. The van der Waals surface area contributed by atoms with Crippen LogP contribution in [-0.4, -0.2) is 18.9 Å². The predicted molar refractivity (Wildman–Crippen MR) is 53.6 cm³/mol. The number of carbonyl (C=O) groups excluding carboxylic acids is 1. The van der Waals surface area contributed by atoms with Crippen LogP contribution in [-0.2, 0) is 9.53 Å². The van der Waals surface area contributed by atoms with Gasteiger partial charge in [0.2, 0.25) is 0 Å². The summed E-state index contributed by atoms with van der Waals surface area (Å²) in [7, 11) is 0. The van der Waals surface area contributed by atoms with Gasteiger partial charge in [0.1, 0.15) is 0 Å². The Hall–Kier alpha value is -1.36. The number of hydrogen-bond acceptors (Lipinski definition) is 3. The van der Waals surface area contributed by atoms with Gasteiger partial charge in [0.25, 0.3) is 0 Å². The van der Waals surface area contributed by atoms with E-state index >= 15 is 0 Å². The molecular formula is C10H9ClF2O3. The van der Waals surface area contributed by atoms with Gasteiger partial charge in [-0.1, -0.05) is 17.7 Å². The van der Waals surface area contributed by atoms with E-state index in [1.165, 1.54) is 19.1 Å². The molecule has 0 N–H and O–H groups in total. The molecule has 6 heteroatoms. The van der Waals surface area contributed by atoms with E-state index < -0.39 is 23.9 Å². The zero-order valence-electron chi connectivity index (χ0n) is 8.38. The van der Waals surface area contributed by atoms with Gasteiger partial charge in [0, 0.05) is 0 Å². The third kappa shape index (κ3) is 3.06. The van der Waals surface area contributed by atoms with E-state index in [0.717, 1.165) is 6.07 Å². The van der Waals surface area contributed by atoms with Crippen LogP contribution in [0.15, 0.2) is 18.2 Å². The predicted octanol–water partition coefficient (Wildman–Crippen LogP) is 2.72. The number of esters is 1. The molecule has 1 aromatic carbocycles. The van der Waals surface area contributed by atoms with Gasteiger partial charge in [-0.25, -0.2) is 9.18 Å². The highest BCUT2D eigenvalue weighted by atomic mass is 35.5. The van der Waals surface area contributed by atoms with Crippen LogP contribution in [0.2, 0.25) is 5.02 Å². The van der Waals surface area contributed by atoms with Crippen molar-refractivity contribution in [3.05, 3.63) is 29.0 Å². The van der Waals surface area contributed by atoms with Gasteiger partial charge in [-0.05, 0) is 19.1 Å². The highest BCUT2D eigenvalue weighted by Gasteiger charge is 2.22. The van der Waals surface area contributed by atoms with Crippen LogP contribution in [0.3, 0.4) is 0 Å². The highest BCUT2D eigenvalue weighted by molar-refractivity contribution is 6.30. The van der Waals surface area contributed by atoms with Crippen LogP contribution in [0.5, 0.6) is 5.75 Å². The number of ether oxygens (including phenoxy) is 2. The quantitative estimate of drug-likeness (QED) is 0.771. The first kappa shape index (κ1) is 12.7. The minimum atomic E-state index is -2.37. The second-order valence-electron chi connectivity index (χ2n) is 2.74. The molecule has 1 unspecified atom stereocenters. The third-order valence-corrected chi connectivity index (χ3v) is 1.91. The van der Waals surface area contributed by atoms with Crippen molar-refractivity contribution in [2.75, 3.05) is 6.61 Å². The number of benzene rings is 1. The molecule has 0 aliphatic carbocycles. The van der Waals surface area contributed by atoms with Gasteiger partial charge in [-0.3, -0.25) is 0 Å². The number of hydrogen-bond donors (Lipinski definition) is 0. The molecular weight excluding hydrogens is 242 g/mol. The normalized spacial score (nSPS) is 12.0. The van der Waals surface area contributed by atoms with E-state index in [1.807, 2.05) is 0 Å². The summed E-state index contributed by atoms with van der Waals surface area (Å²) in [6.07, 6.45) is -2.37. The molecule has 1 atom stereocenters. The first-order valence-electron chi connectivity index (χ1n) is 4.47. The summed E-state index contributed by atoms with van der Waals surface area (Å²) in [4.78, 5) is 10.9. The lowest BCUT2D eigenvalue weighted by Crippen LogP contribution is -2.25. The second-order valence-corrected chi connectivity index (χ2v) is 3.15. The molecule has 16 heavy (non-hydrogen) atoms. The molecule has 3 nitrogen and oxygen atoms in total. The summed E-state index contributed by atoms with van der Waals surface area (Å²) in [5.41, 5.74) is 0. The fourth-order valence-electron chi connectivity index (χ4n) is 0.942. The van der Waals surface area contributed by atoms with Crippen molar-refractivity contribution in [3.63, 3.8) is 0 Å². The molecule has 0 amide bonds. The number of carbonyl (C=O) groups is 1. The second kappa shape index (κ2) is 5.65. The van der Waals surface area contributed by atoms with Crippen molar-refractivity contribution in [1.82, 2.24) is 0 Å². The lowest BCUT2D eigenvalue weighted by Gasteiger charge is -2.11. The summed E-state index contributed by atoms with van der Waals surface area (Å²) in [6, 6.07) is 3.81. The summed E-state index contributed by atoms with van der Waals surface area (Å²) < 4.78 is 35.1. The SMILES string of the molecule is CCOC(=O)C(F)Oc1cccc(Cl)c1F. The Morgan fingerprint density at radius 1 is 1.56 bits per heavy atom. The van der Waals surface area contributed by atoms with Gasteiger partial charge in [0.15, 0.2) is 11.6 Å². The highest BCUT2D eigenvalue weighted by Crippen LogP contribution is 2.25. The first-order valence-corrected chi connectivity index (χ1v) is 4.85. The molecule has 88 valence electrons. The molecule has 0 aliphatic rings. The largest absolute Gasteiger partial charge is 0.461 e. The van der Waals surface area contributed by atoms with E-state index in [0.29, 0.717) is 0 Å². The molecule has 0 aliphatic heterocycles. The maximum absolute atomic E-state index is 13.2. The molecule has 1 rings (SSSR count). The van der Waals surface area contributed by atoms with Gasteiger partial charge >= 0.3 is 12.3 Å². The average molecular weight is 251 g/mol. The number of halogens is 3. The average Bonchev–Trinajstić information content (AvgIpc) is 2.25. The Morgan fingerprint density at radius 2 is 2.25 bits per heavy atom. The number of alkyl halides is 1. The zero-order chi connectivity index (χ0) is 12.1. The molecule has 0 fully saturated rings. The van der Waals surface area contributed by atoms with Gasteiger partial charge in [-0.15, -0.1) is 0 Å². The van der Waals surface area contributed by atoms with Crippen LogP contribution in [0.1, 0.15) is 6.92 Å². The van der Waals surface area contributed by atoms with Crippen molar-refractivity contribution in [1.29, 1.82) is 0 Å².